The zero-order valence-corrected chi connectivity index (χ0v) is 12.1. The van der Waals surface area contributed by atoms with Gasteiger partial charge in [-0.2, -0.15) is 5.26 Å². The van der Waals surface area contributed by atoms with E-state index < -0.39 is 5.60 Å². The van der Waals surface area contributed by atoms with Crippen LogP contribution < -0.4 is 0 Å². The van der Waals surface area contributed by atoms with Gasteiger partial charge in [-0.3, -0.25) is 0 Å². The molecule has 0 aromatic heterocycles. The van der Waals surface area contributed by atoms with Gasteiger partial charge < -0.3 is 9.64 Å². The number of likely N-dealkylation sites (tertiary alicyclic amines) is 1. The Kier molecular flexibility index (Phi) is 4.26. The molecule has 0 spiro atoms. The number of carbonyl (C=O) groups excluding carboxylic acids is 1. The van der Waals surface area contributed by atoms with Crippen molar-refractivity contribution in [2.75, 3.05) is 13.1 Å². The Morgan fingerprint density at radius 1 is 1.50 bits per heavy atom. The highest BCUT2D eigenvalue weighted by Crippen LogP contribution is 2.36. The van der Waals surface area contributed by atoms with E-state index in [1.165, 1.54) is 0 Å². The number of carbonyl (C=O) groups is 1. The number of hydrogen-bond acceptors (Lipinski definition) is 3. The normalized spacial score (nSPS) is 24.2. The molecule has 0 radical (unpaired) electrons. The summed E-state index contributed by atoms with van der Waals surface area (Å²) in [6.07, 6.45) is 1.28. The summed E-state index contributed by atoms with van der Waals surface area (Å²) < 4.78 is 5.34. The highest BCUT2D eigenvalue weighted by atomic mass is 16.6. The van der Waals surface area contributed by atoms with Gasteiger partial charge in [-0.25, -0.2) is 4.79 Å². The lowest BCUT2D eigenvalue weighted by molar-refractivity contribution is 0.0278. The molecule has 0 aliphatic carbocycles. The molecule has 4 nitrogen and oxygen atoms in total. The molecule has 1 heterocycles. The van der Waals surface area contributed by atoms with Crippen molar-refractivity contribution in [3.63, 3.8) is 0 Å². The molecule has 0 saturated carbocycles. The number of nitrogens with zero attached hydrogens (tertiary/aromatic N) is 2. The van der Waals surface area contributed by atoms with E-state index in [2.05, 4.69) is 19.9 Å². The van der Waals surface area contributed by atoms with E-state index in [-0.39, 0.29) is 11.5 Å². The van der Waals surface area contributed by atoms with Crippen LogP contribution in [-0.2, 0) is 4.74 Å². The van der Waals surface area contributed by atoms with Crippen molar-refractivity contribution >= 4 is 6.09 Å². The van der Waals surface area contributed by atoms with E-state index in [1.54, 1.807) is 4.90 Å². The minimum Gasteiger partial charge on any atom is -0.444 e. The monoisotopic (exact) mass is 252 g/mol. The maximum Gasteiger partial charge on any atom is 0.410 e. The van der Waals surface area contributed by atoms with Crippen LogP contribution in [0.5, 0.6) is 0 Å². The van der Waals surface area contributed by atoms with Crippen molar-refractivity contribution < 1.29 is 9.53 Å². The van der Waals surface area contributed by atoms with E-state index >= 15 is 0 Å². The Morgan fingerprint density at radius 3 is 2.56 bits per heavy atom. The third kappa shape index (κ3) is 3.90. The number of ether oxygens (including phenoxy) is 1. The van der Waals surface area contributed by atoms with Crippen molar-refractivity contribution in [2.45, 2.75) is 53.1 Å². The topological polar surface area (TPSA) is 53.3 Å². The fourth-order valence-corrected chi connectivity index (χ4v) is 2.44. The van der Waals surface area contributed by atoms with Gasteiger partial charge in [0.15, 0.2) is 0 Å². The molecule has 1 atom stereocenters. The molecule has 1 saturated heterocycles. The lowest BCUT2D eigenvalue weighted by Crippen LogP contribution is -2.37. The van der Waals surface area contributed by atoms with Gasteiger partial charge in [0, 0.05) is 13.1 Å². The standard InChI is InChI=1S/C14H24N2O2/c1-11(2)8-14(9-15)6-7-16(10-14)12(17)18-13(3,4)5/h11H,6-8,10H2,1-5H3. The molecule has 1 unspecified atom stereocenters. The summed E-state index contributed by atoms with van der Waals surface area (Å²) >= 11 is 0. The Morgan fingerprint density at radius 2 is 2.11 bits per heavy atom. The van der Waals surface area contributed by atoms with E-state index in [0.717, 1.165) is 12.8 Å². The van der Waals surface area contributed by atoms with Gasteiger partial charge in [0.05, 0.1) is 11.5 Å². The van der Waals surface area contributed by atoms with E-state index in [1.807, 2.05) is 20.8 Å². The van der Waals surface area contributed by atoms with Gasteiger partial charge >= 0.3 is 6.09 Å². The minimum absolute atomic E-state index is 0.302. The van der Waals surface area contributed by atoms with Crippen LogP contribution in [0.4, 0.5) is 4.79 Å². The van der Waals surface area contributed by atoms with E-state index in [9.17, 15) is 10.1 Å². The maximum absolute atomic E-state index is 11.9. The van der Waals surface area contributed by atoms with Crippen molar-refractivity contribution in [3.05, 3.63) is 0 Å². The molecule has 18 heavy (non-hydrogen) atoms. The fraction of sp³-hybridized carbons (Fsp3) is 0.857. The van der Waals surface area contributed by atoms with Crippen molar-refractivity contribution in [2.24, 2.45) is 11.3 Å². The molecule has 102 valence electrons. The minimum atomic E-state index is -0.479. The summed E-state index contributed by atoms with van der Waals surface area (Å²) in [6, 6.07) is 2.41. The second-order valence-electron chi connectivity index (χ2n) is 6.64. The Bertz CT molecular complexity index is 352. The summed E-state index contributed by atoms with van der Waals surface area (Å²) in [7, 11) is 0. The molecular formula is C14H24N2O2. The SMILES string of the molecule is CC(C)CC1(C#N)CCN(C(=O)OC(C)(C)C)C1. The van der Waals surface area contributed by atoms with Gasteiger partial charge in [0.2, 0.25) is 0 Å². The number of rotatable bonds is 2. The summed E-state index contributed by atoms with van der Waals surface area (Å²) in [5.41, 5.74) is -0.863. The van der Waals surface area contributed by atoms with Crippen LogP contribution in [-0.4, -0.2) is 29.7 Å². The number of nitriles is 1. The first kappa shape index (κ1) is 14.8. The van der Waals surface area contributed by atoms with Gasteiger partial charge in [0.1, 0.15) is 5.60 Å². The Balaban J connectivity index is 2.65. The van der Waals surface area contributed by atoms with Crippen LogP contribution in [0.3, 0.4) is 0 Å². The second kappa shape index (κ2) is 5.17. The van der Waals surface area contributed by atoms with Crippen LogP contribution in [0.15, 0.2) is 0 Å². The maximum atomic E-state index is 11.9. The van der Waals surface area contributed by atoms with E-state index in [4.69, 9.17) is 4.74 Å². The first-order valence-corrected chi connectivity index (χ1v) is 6.57. The number of amides is 1. The van der Waals surface area contributed by atoms with Gasteiger partial charge in [-0.1, -0.05) is 13.8 Å². The van der Waals surface area contributed by atoms with Crippen LogP contribution in [0.2, 0.25) is 0 Å². The molecule has 0 N–H and O–H groups in total. The molecule has 1 rings (SSSR count). The Labute approximate surface area is 110 Å². The molecule has 0 bridgehead atoms. The van der Waals surface area contributed by atoms with Crippen molar-refractivity contribution in [3.8, 4) is 6.07 Å². The van der Waals surface area contributed by atoms with Crippen molar-refractivity contribution in [1.82, 2.24) is 4.90 Å². The lowest BCUT2D eigenvalue weighted by Gasteiger charge is -2.26. The lowest BCUT2D eigenvalue weighted by atomic mass is 9.81. The summed E-state index contributed by atoms with van der Waals surface area (Å²) in [5, 5.41) is 9.37. The zero-order valence-electron chi connectivity index (χ0n) is 12.1. The highest BCUT2D eigenvalue weighted by molar-refractivity contribution is 5.68. The van der Waals surface area contributed by atoms with E-state index in [0.29, 0.717) is 19.0 Å². The molecule has 4 heteroatoms. The van der Waals surface area contributed by atoms with Crippen LogP contribution in [0.25, 0.3) is 0 Å². The van der Waals surface area contributed by atoms with Crippen LogP contribution in [0, 0.1) is 22.7 Å². The van der Waals surface area contributed by atoms with Crippen LogP contribution in [0.1, 0.15) is 47.5 Å². The molecule has 1 aliphatic rings. The smallest absolute Gasteiger partial charge is 0.410 e. The average Bonchev–Trinajstić information content (AvgIpc) is 2.59. The first-order valence-electron chi connectivity index (χ1n) is 6.57. The highest BCUT2D eigenvalue weighted by Gasteiger charge is 2.41. The van der Waals surface area contributed by atoms with Gasteiger partial charge in [0.25, 0.3) is 0 Å². The largest absolute Gasteiger partial charge is 0.444 e. The molecule has 1 amide bonds. The third-order valence-corrected chi connectivity index (χ3v) is 3.04. The quantitative estimate of drug-likeness (QED) is 0.758. The summed E-state index contributed by atoms with van der Waals surface area (Å²) in [5.74, 6) is 0.461. The molecule has 0 aromatic carbocycles. The first-order chi connectivity index (χ1) is 8.17. The molecular weight excluding hydrogens is 228 g/mol. The molecule has 1 fully saturated rings. The summed E-state index contributed by atoms with van der Waals surface area (Å²) in [6.45, 7) is 10.9. The van der Waals surface area contributed by atoms with Crippen LogP contribution >= 0.6 is 0 Å². The predicted molar refractivity (Wildman–Crippen MR) is 69.9 cm³/mol. The van der Waals surface area contributed by atoms with Gasteiger partial charge in [-0.05, 0) is 39.5 Å². The second-order valence-corrected chi connectivity index (χ2v) is 6.64. The predicted octanol–water partition coefficient (Wildman–Crippen LogP) is 3.18. The summed E-state index contributed by atoms with van der Waals surface area (Å²) in [4.78, 5) is 13.6. The Hall–Kier alpha value is -1.24. The van der Waals surface area contributed by atoms with Crippen molar-refractivity contribution in [1.29, 1.82) is 5.26 Å². The average molecular weight is 252 g/mol. The third-order valence-electron chi connectivity index (χ3n) is 3.04. The van der Waals surface area contributed by atoms with Gasteiger partial charge in [-0.15, -0.1) is 0 Å². The molecule has 1 aliphatic heterocycles. The zero-order chi connectivity index (χ0) is 14.0. The number of hydrogen-bond donors (Lipinski definition) is 0. The molecule has 0 aromatic rings. The fourth-order valence-electron chi connectivity index (χ4n) is 2.44.